The van der Waals surface area contributed by atoms with Crippen LogP contribution in [0.4, 0.5) is 11.4 Å². The third-order valence-electron chi connectivity index (χ3n) is 2.80. The van der Waals surface area contributed by atoms with Gasteiger partial charge in [-0.1, -0.05) is 6.08 Å². The Labute approximate surface area is 130 Å². The molecule has 0 amide bonds. The van der Waals surface area contributed by atoms with Crippen LogP contribution in [0.15, 0.2) is 58.4 Å². The number of allylic oxidation sites excluding steroid dienone is 2. The largest absolute Gasteiger partial charge is 0.378 e. The highest BCUT2D eigenvalue weighted by Gasteiger charge is 2.03. The molecule has 1 aliphatic rings. The lowest BCUT2D eigenvalue weighted by Gasteiger charge is -2.11. The highest BCUT2D eigenvalue weighted by molar-refractivity contribution is 14.2. The Kier molecular flexibility index (Phi) is 5.05. The van der Waals surface area contributed by atoms with Crippen LogP contribution in [-0.2, 0) is 0 Å². The van der Waals surface area contributed by atoms with Gasteiger partial charge in [-0.2, -0.15) is 5.11 Å². The van der Waals surface area contributed by atoms with Crippen molar-refractivity contribution in [2.24, 2.45) is 10.2 Å². The summed E-state index contributed by atoms with van der Waals surface area (Å²) in [6.07, 6.45) is 6.24. The van der Waals surface area contributed by atoms with Crippen molar-refractivity contribution in [2.75, 3.05) is 26.0 Å². The first-order valence-electron chi connectivity index (χ1n) is 6.36. The summed E-state index contributed by atoms with van der Waals surface area (Å²) in [5.74, 6) is 0. The quantitative estimate of drug-likeness (QED) is 0.445. The molecule has 0 fully saturated rings. The molecular weight excluding hydrogens is 363 g/mol. The van der Waals surface area contributed by atoms with Crippen molar-refractivity contribution in [2.45, 2.75) is 6.92 Å². The first-order valence-corrected chi connectivity index (χ1v) is 8.40. The minimum absolute atomic E-state index is 0.271. The monoisotopic (exact) mass is 382 g/mol. The maximum Gasteiger partial charge on any atom is 0.137 e. The highest BCUT2D eigenvalue weighted by Crippen LogP contribution is 2.22. The fraction of sp³-hybridized carbons (Fsp3) is 0.267. The zero-order valence-electron chi connectivity index (χ0n) is 12.2. The molecule has 0 bridgehead atoms. The summed E-state index contributed by atoms with van der Waals surface area (Å²) < 4.78 is 3.31. The van der Waals surface area contributed by atoms with Gasteiger partial charge in [-0.3, -0.25) is 0 Å². The van der Waals surface area contributed by atoms with E-state index in [1.165, 1.54) is 11.3 Å². The molecule has 0 radical (unpaired) electrons. The van der Waals surface area contributed by atoms with E-state index < -0.39 is 0 Å². The van der Waals surface area contributed by atoms with E-state index in [4.69, 9.17) is 0 Å². The van der Waals surface area contributed by atoms with Crippen molar-refractivity contribution >= 4 is 36.0 Å². The minimum Gasteiger partial charge on any atom is -0.378 e. The molecule has 1 aromatic rings. The zero-order valence-corrected chi connectivity index (χ0v) is 14.4. The molecule has 0 aromatic heterocycles. The highest BCUT2D eigenvalue weighted by atomic mass is 127. The molecule has 1 aromatic carbocycles. The lowest BCUT2D eigenvalue weighted by atomic mass is 10.3. The summed E-state index contributed by atoms with van der Waals surface area (Å²) in [5.41, 5.74) is 3.25. The number of rotatable bonds is 3. The molecule has 0 saturated heterocycles. The van der Waals surface area contributed by atoms with Gasteiger partial charge >= 0.3 is 0 Å². The summed E-state index contributed by atoms with van der Waals surface area (Å²) in [5, 5.41) is 8.80. The number of anilines is 1. The van der Waals surface area contributed by atoms with Crippen LogP contribution >= 0.6 is 21.0 Å². The van der Waals surface area contributed by atoms with Gasteiger partial charge in [-0.15, -0.1) is 5.11 Å². The average Bonchev–Trinajstić information content (AvgIpc) is 2.58. The van der Waals surface area contributed by atoms with Gasteiger partial charge in [-0.05, 0) is 42.8 Å². The summed E-state index contributed by atoms with van der Waals surface area (Å²) in [6, 6.07) is 8.10. The van der Waals surface area contributed by atoms with E-state index in [0.717, 1.165) is 9.32 Å². The smallest absolute Gasteiger partial charge is 0.137 e. The standard InChI is InChI=1S/C15H19IN4/c1-12-6-5-11-20(4)16-15(12)18-17-13-7-9-14(10-8-13)19(2)3/h5-11H,1-4H3. The van der Waals surface area contributed by atoms with E-state index in [2.05, 4.69) is 62.7 Å². The first-order chi connectivity index (χ1) is 9.56. The number of hydrogen-bond donors (Lipinski definition) is 0. The number of hydrogen-bond acceptors (Lipinski definition) is 4. The van der Waals surface area contributed by atoms with Crippen LogP contribution in [-0.4, -0.2) is 27.9 Å². The molecule has 0 aliphatic carbocycles. The van der Waals surface area contributed by atoms with Crippen molar-refractivity contribution in [1.29, 1.82) is 0 Å². The maximum absolute atomic E-state index is 4.45. The Balaban J connectivity index is 2.16. The van der Waals surface area contributed by atoms with Gasteiger partial charge in [-0.25, -0.2) is 0 Å². The fourth-order valence-electron chi connectivity index (χ4n) is 1.61. The van der Waals surface area contributed by atoms with Crippen molar-refractivity contribution in [3.8, 4) is 0 Å². The van der Waals surface area contributed by atoms with E-state index in [1.54, 1.807) is 0 Å². The van der Waals surface area contributed by atoms with Crippen LogP contribution in [0.2, 0.25) is 0 Å². The van der Waals surface area contributed by atoms with Gasteiger partial charge in [0.05, 0.1) is 5.69 Å². The van der Waals surface area contributed by atoms with Crippen LogP contribution in [0.3, 0.4) is 0 Å². The lowest BCUT2D eigenvalue weighted by Crippen LogP contribution is -2.07. The molecule has 4 nitrogen and oxygen atoms in total. The second-order valence-electron chi connectivity index (χ2n) is 4.70. The predicted octanol–water partition coefficient (Wildman–Crippen LogP) is 4.26. The second-order valence-corrected chi connectivity index (χ2v) is 7.73. The molecule has 0 spiro atoms. The van der Waals surface area contributed by atoms with Gasteiger partial charge in [0.1, 0.15) is 3.63 Å². The molecular formula is C15H19IN4. The Hall–Kier alpha value is -1.50. The van der Waals surface area contributed by atoms with E-state index in [1.807, 2.05) is 26.2 Å². The summed E-state index contributed by atoms with van der Waals surface area (Å²) >= 11 is -0.271. The van der Waals surface area contributed by atoms with Crippen LogP contribution < -0.4 is 4.90 Å². The molecule has 0 N–H and O–H groups in total. The average molecular weight is 382 g/mol. The topological polar surface area (TPSA) is 31.2 Å². The Morgan fingerprint density at radius 1 is 1.10 bits per heavy atom. The van der Waals surface area contributed by atoms with E-state index in [-0.39, 0.29) is 21.0 Å². The third-order valence-corrected chi connectivity index (χ3v) is 5.40. The summed E-state index contributed by atoms with van der Waals surface area (Å²) in [6.45, 7) is 2.09. The number of azo groups is 1. The van der Waals surface area contributed by atoms with Gasteiger partial charge < -0.3 is 8.01 Å². The third kappa shape index (κ3) is 4.00. The summed E-state index contributed by atoms with van der Waals surface area (Å²) in [4.78, 5) is 2.07. The molecule has 20 heavy (non-hydrogen) atoms. The molecule has 1 heterocycles. The Morgan fingerprint density at radius 3 is 2.45 bits per heavy atom. The van der Waals surface area contributed by atoms with Crippen LogP contribution in [0.5, 0.6) is 0 Å². The van der Waals surface area contributed by atoms with Crippen molar-refractivity contribution in [3.05, 3.63) is 48.2 Å². The number of halogens is 1. The SMILES string of the molecule is CC1=CC=CN(C)I=C1N=Nc1ccc(N(C)C)cc1. The van der Waals surface area contributed by atoms with Crippen molar-refractivity contribution < 1.29 is 0 Å². The summed E-state index contributed by atoms with van der Waals surface area (Å²) in [7, 11) is 6.14. The molecule has 0 saturated carbocycles. The number of nitrogens with zero attached hydrogens (tertiary/aromatic N) is 4. The predicted molar refractivity (Wildman–Crippen MR) is 95.0 cm³/mol. The molecule has 106 valence electrons. The zero-order chi connectivity index (χ0) is 14.5. The Morgan fingerprint density at radius 2 is 1.80 bits per heavy atom. The molecule has 1 aliphatic heterocycles. The van der Waals surface area contributed by atoms with Gasteiger partial charge in [0.25, 0.3) is 0 Å². The Bertz CT molecular complexity index is 582. The van der Waals surface area contributed by atoms with Gasteiger partial charge in [0.2, 0.25) is 0 Å². The molecule has 5 heteroatoms. The first kappa shape index (κ1) is 14.9. The normalized spacial score (nSPS) is 15.5. The lowest BCUT2D eigenvalue weighted by molar-refractivity contribution is 0.835. The van der Waals surface area contributed by atoms with Crippen LogP contribution in [0.25, 0.3) is 0 Å². The molecule has 2 rings (SSSR count). The maximum atomic E-state index is 4.45. The van der Waals surface area contributed by atoms with Crippen LogP contribution in [0, 0.1) is 0 Å². The van der Waals surface area contributed by atoms with E-state index in [9.17, 15) is 0 Å². The van der Waals surface area contributed by atoms with Crippen molar-refractivity contribution in [1.82, 2.24) is 3.11 Å². The molecule has 0 atom stereocenters. The van der Waals surface area contributed by atoms with Crippen LogP contribution in [0.1, 0.15) is 6.92 Å². The fourth-order valence-corrected chi connectivity index (χ4v) is 3.44. The van der Waals surface area contributed by atoms with E-state index >= 15 is 0 Å². The number of benzene rings is 1. The van der Waals surface area contributed by atoms with E-state index in [0.29, 0.717) is 0 Å². The molecule has 0 unspecified atom stereocenters. The van der Waals surface area contributed by atoms with Crippen molar-refractivity contribution in [3.63, 3.8) is 0 Å². The second kappa shape index (κ2) is 6.78. The minimum atomic E-state index is -0.271. The van der Waals surface area contributed by atoms with Gasteiger partial charge in [0, 0.05) is 54.0 Å². The van der Waals surface area contributed by atoms with Gasteiger partial charge in [0.15, 0.2) is 0 Å².